The summed E-state index contributed by atoms with van der Waals surface area (Å²) in [5.41, 5.74) is 0.149. The van der Waals surface area contributed by atoms with Crippen LogP contribution in [0, 0.1) is 12.7 Å². The Balaban J connectivity index is 0.00000156. The van der Waals surface area contributed by atoms with E-state index in [0.29, 0.717) is 11.4 Å². The number of aromatic amines is 1. The van der Waals surface area contributed by atoms with Gasteiger partial charge in [-0.1, -0.05) is 0 Å². The third-order valence-corrected chi connectivity index (χ3v) is 4.17. The fourth-order valence-electron chi connectivity index (χ4n) is 2.94. The van der Waals surface area contributed by atoms with Gasteiger partial charge in [-0.3, -0.25) is 0 Å². The fourth-order valence-corrected chi connectivity index (χ4v) is 2.94. The van der Waals surface area contributed by atoms with E-state index in [4.69, 9.17) is 0 Å². The highest BCUT2D eigenvalue weighted by molar-refractivity contribution is 5.85. The maximum Gasteiger partial charge on any atom is 0.419 e. The van der Waals surface area contributed by atoms with Crippen molar-refractivity contribution in [2.75, 3.05) is 13.1 Å². The van der Waals surface area contributed by atoms with Crippen molar-refractivity contribution >= 4 is 24.8 Å². The maximum absolute atomic E-state index is 13.4. The molecule has 1 aromatic heterocycles. The van der Waals surface area contributed by atoms with Crippen LogP contribution in [0.5, 0.6) is 0 Å². The van der Waals surface area contributed by atoms with E-state index in [1.807, 2.05) is 0 Å². The van der Waals surface area contributed by atoms with Gasteiger partial charge in [0, 0.05) is 17.2 Å². The topological polar surface area (TPSA) is 40.7 Å². The number of imidazole rings is 1. The molecule has 0 aliphatic carbocycles. The molecule has 9 heteroatoms. The fraction of sp³-hybridized carbons (Fsp3) is 0.438. The standard InChI is InChI=1S/C16H17F4N3.2ClH/c1-9-14(23-15(22-9)10-4-6-21-7-5-10)11-2-3-13(17)12(8-11)16(18,19)20;;/h2-3,8,10,21H,4-7H2,1H3,(H,22,23);2*1H. The molecule has 140 valence electrons. The molecule has 1 aliphatic rings. The molecule has 0 radical (unpaired) electrons. The van der Waals surface area contributed by atoms with Gasteiger partial charge in [-0.15, -0.1) is 24.8 Å². The summed E-state index contributed by atoms with van der Waals surface area (Å²) in [6, 6.07) is 3.00. The van der Waals surface area contributed by atoms with E-state index in [1.54, 1.807) is 6.92 Å². The molecule has 2 heterocycles. The van der Waals surface area contributed by atoms with Crippen molar-refractivity contribution in [3.63, 3.8) is 0 Å². The summed E-state index contributed by atoms with van der Waals surface area (Å²) in [4.78, 5) is 7.66. The van der Waals surface area contributed by atoms with Crippen molar-refractivity contribution in [1.82, 2.24) is 15.3 Å². The number of nitrogens with one attached hydrogen (secondary N) is 2. The molecule has 1 aromatic carbocycles. The van der Waals surface area contributed by atoms with Gasteiger partial charge in [0.25, 0.3) is 0 Å². The molecule has 3 rings (SSSR count). The van der Waals surface area contributed by atoms with Crippen molar-refractivity contribution in [3.05, 3.63) is 41.1 Å². The van der Waals surface area contributed by atoms with Crippen LogP contribution in [0.4, 0.5) is 17.6 Å². The lowest BCUT2D eigenvalue weighted by atomic mass is 9.98. The number of benzene rings is 1. The third kappa shape index (κ3) is 4.65. The highest BCUT2D eigenvalue weighted by Gasteiger charge is 2.34. The smallest absolute Gasteiger partial charge is 0.345 e. The van der Waals surface area contributed by atoms with E-state index in [1.165, 1.54) is 6.07 Å². The van der Waals surface area contributed by atoms with Gasteiger partial charge in [-0.05, 0) is 51.1 Å². The summed E-state index contributed by atoms with van der Waals surface area (Å²) in [6.07, 6.45) is -2.85. The van der Waals surface area contributed by atoms with Crippen molar-refractivity contribution in [2.45, 2.75) is 31.9 Å². The van der Waals surface area contributed by atoms with E-state index < -0.39 is 17.6 Å². The number of halogens is 6. The Morgan fingerprint density at radius 1 is 1.12 bits per heavy atom. The largest absolute Gasteiger partial charge is 0.419 e. The first kappa shape index (κ1) is 21.7. The second-order valence-electron chi connectivity index (χ2n) is 5.81. The Morgan fingerprint density at radius 2 is 1.76 bits per heavy atom. The van der Waals surface area contributed by atoms with Crippen molar-refractivity contribution in [1.29, 1.82) is 0 Å². The maximum atomic E-state index is 13.4. The zero-order valence-electron chi connectivity index (χ0n) is 13.4. The van der Waals surface area contributed by atoms with Gasteiger partial charge >= 0.3 is 6.18 Å². The van der Waals surface area contributed by atoms with E-state index in [0.717, 1.165) is 43.9 Å². The van der Waals surface area contributed by atoms with Crippen molar-refractivity contribution in [3.8, 4) is 11.3 Å². The SMILES string of the molecule is Cc1[nH]c(C2CCNCC2)nc1-c1ccc(F)c(C(F)(F)F)c1.Cl.Cl. The number of piperidine rings is 1. The predicted octanol–water partition coefficient (Wildman–Crippen LogP) is 4.85. The highest BCUT2D eigenvalue weighted by atomic mass is 35.5. The number of H-pyrrole nitrogens is 1. The lowest BCUT2D eigenvalue weighted by Crippen LogP contribution is -2.27. The van der Waals surface area contributed by atoms with E-state index in [-0.39, 0.29) is 36.3 Å². The van der Waals surface area contributed by atoms with Crippen molar-refractivity contribution in [2.24, 2.45) is 0 Å². The first-order chi connectivity index (χ1) is 10.9. The Hall–Kier alpha value is -1.31. The number of alkyl halides is 3. The molecule has 0 spiro atoms. The summed E-state index contributed by atoms with van der Waals surface area (Å²) in [6.45, 7) is 3.56. The van der Waals surface area contributed by atoms with Crippen LogP contribution in [0.3, 0.4) is 0 Å². The van der Waals surface area contributed by atoms with Crippen LogP contribution in [0.15, 0.2) is 18.2 Å². The molecule has 0 atom stereocenters. The van der Waals surface area contributed by atoms with Gasteiger partial charge in [0.15, 0.2) is 0 Å². The monoisotopic (exact) mass is 399 g/mol. The molecule has 1 aliphatic heterocycles. The molecule has 25 heavy (non-hydrogen) atoms. The zero-order valence-corrected chi connectivity index (χ0v) is 15.0. The lowest BCUT2D eigenvalue weighted by Gasteiger charge is -2.20. The van der Waals surface area contributed by atoms with Crippen LogP contribution in [-0.2, 0) is 6.18 Å². The summed E-state index contributed by atoms with van der Waals surface area (Å²) < 4.78 is 52.0. The Morgan fingerprint density at radius 3 is 2.36 bits per heavy atom. The first-order valence-corrected chi connectivity index (χ1v) is 7.50. The quantitative estimate of drug-likeness (QED) is 0.708. The van der Waals surface area contributed by atoms with Crippen LogP contribution in [0.2, 0.25) is 0 Å². The number of rotatable bonds is 2. The van der Waals surface area contributed by atoms with Crippen LogP contribution in [-0.4, -0.2) is 23.1 Å². The summed E-state index contributed by atoms with van der Waals surface area (Å²) >= 11 is 0. The molecular weight excluding hydrogens is 381 g/mol. The summed E-state index contributed by atoms with van der Waals surface area (Å²) in [7, 11) is 0. The molecule has 0 bridgehead atoms. The number of hydrogen-bond donors (Lipinski definition) is 2. The minimum Gasteiger partial charge on any atom is -0.345 e. The number of hydrogen-bond acceptors (Lipinski definition) is 2. The minimum atomic E-state index is -4.72. The molecule has 1 fully saturated rings. The minimum absolute atomic E-state index is 0. The molecule has 0 saturated carbocycles. The van der Waals surface area contributed by atoms with Crippen LogP contribution in [0.1, 0.15) is 35.8 Å². The summed E-state index contributed by atoms with van der Waals surface area (Å²) in [5, 5.41) is 3.26. The van der Waals surface area contributed by atoms with E-state index >= 15 is 0 Å². The number of nitrogens with zero attached hydrogens (tertiary/aromatic N) is 1. The van der Waals surface area contributed by atoms with Crippen LogP contribution >= 0.6 is 24.8 Å². The second-order valence-corrected chi connectivity index (χ2v) is 5.81. The highest BCUT2D eigenvalue weighted by Crippen LogP contribution is 2.35. The number of aromatic nitrogens is 2. The second kappa shape index (κ2) is 8.38. The summed E-state index contributed by atoms with van der Waals surface area (Å²) in [5.74, 6) is -0.212. The Bertz CT molecular complexity index is 710. The molecular formula is C16H19Cl2F4N3. The predicted molar refractivity (Wildman–Crippen MR) is 93.1 cm³/mol. The molecule has 0 amide bonds. The third-order valence-electron chi connectivity index (χ3n) is 4.17. The van der Waals surface area contributed by atoms with Gasteiger partial charge in [0.05, 0.1) is 11.3 Å². The first-order valence-electron chi connectivity index (χ1n) is 7.50. The molecule has 3 nitrogen and oxygen atoms in total. The van der Waals surface area contributed by atoms with Gasteiger partial charge < -0.3 is 10.3 Å². The van der Waals surface area contributed by atoms with E-state index in [2.05, 4.69) is 15.3 Å². The zero-order chi connectivity index (χ0) is 16.6. The normalized spacial score (nSPS) is 15.4. The van der Waals surface area contributed by atoms with Crippen molar-refractivity contribution < 1.29 is 17.6 Å². The van der Waals surface area contributed by atoms with E-state index in [9.17, 15) is 17.6 Å². The van der Waals surface area contributed by atoms with Crippen LogP contribution < -0.4 is 5.32 Å². The molecule has 2 N–H and O–H groups in total. The Kier molecular flexibility index (Phi) is 7.28. The molecule has 1 saturated heterocycles. The average Bonchev–Trinajstić information content (AvgIpc) is 2.89. The Labute approximate surface area is 155 Å². The van der Waals surface area contributed by atoms with Gasteiger partial charge in [0.1, 0.15) is 11.6 Å². The van der Waals surface area contributed by atoms with Crippen LogP contribution in [0.25, 0.3) is 11.3 Å². The lowest BCUT2D eigenvalue weighted by molar-refractivity contribution is -0.139. The average molecular weight is 400 g/mol. The van der Waals surface area contributed by atoms with Gasteiger partial charge in [-0.25, -0.2) is 9.37 Å². The van der Waals surface area contributed by atoms with Gasteiger partial charge in [-0.2, -0.15) is 13.2 Å². The number of aryl methyl sites for hydroxylation is 1. The van der Waals surface area contributed by atoms with Gasteiger partial charge in [0.2, 0.25) is 0 Å². The molecule has 0 unspecified atom stereocenters. The molecule has 2 aromatic rings.